The maximum Gasteiger partial charge on any atom is 0.291 e. The molecule has 1 aliphatic rings. The molecule has 25 heavy (non-hydrogen) atoms. The van der Waals surface area contributed by atoms with Crippen molar-refractivity contribution in [2.45, 2.75) is 11.5 Å². The molecule has 1 aromatic heterocycles. The Morgan fingerprint density at radius 1 is 1.24 bits per heavy atom. The minimum atomic E-state index is -3.64. The molecule has 1 saturated heterocycles. The van der Waals surface area contributed by atoms with Crippen LogP contribution >= 0.6 is 0 Å². The lowest BCUT2D eigenvalue weighted by Gasteiger charge is -2.25. The number of hydroxylamine groups is 1. The van der Waals surface area contributed by atoms with E-state index >= 15 is 0 Å². The third kappa shape index (κ3) is 4.26. The zero-order valence-electron chi connectivity index (χ0n) is 13.5. The molecule has 0 aliphatic carbocycles. The zero-order valence-corrected chi connectivity index (χ0v) is 14.3. The topological polar surface area (TPSA) is 101 Å². The minimum Gasteiger partial charge on any atom is -0.379 e. The molecular weight excluding hydrogens is 346 g/mol. The first kappa shape index (κ1) is 17.6. The number of benzene rings is 1. The molecule has 0 saturated carbocycles. The summed E-state index contributed by atoms with van der Waals surface area (Å²) in [5, 5.41) is 0. The highest BCUT2D eigenvalue weighted by Gasteiger charge is 2.27. The van der Waals surface area contributed by atoms with Crippen molar-refractivity contribution < 1.29 is 22.8 Å². The maximum atomic E-state index is 12.5. The van der Waals surface area contributed by atoms with Gasteiger partial charge in [-0.05, 0) is 11.6 Å². The third-order valence-electron chi connectivity index (χ3n) is 3.76. The summed E-state index contributed by atoms with van der Waals surface area (Å²) in [4.78, 5) is 19.9. The lowest BCUT2D eigenvalue weighted by atomic mass is 10.2. The van der Waals surface area contributed by atoms with Crippen LogP contribution in [0.3, 0.4) is 0 Å². The molecule has 0 atom stereocenters. The fourth-order valence-corrected chi connectivity index (χ4v) is 3.81. The molecule has 1 aliphatic heterocycles. The van der Waals surface area contributed by atoms with Gasteiger partial charge < -0.3 is 9.72 Å². The fourth-order valence-electron chi connectivity index (χ4n) is 2.40. The standard InChI is InChI=1S/C16H19N3O5S/c20-16(18-24-12-13-4-2-1-3-5-13)15-10-14(11-17-15)25(21,22)19-6-8-23-9-7-19/h1-5,10-11,17H,6-9,12H2,(H,18,20). The number of morpholine rings is 1. The van der Waals surface area contributed by atoms with Crippen molar-refractivity contribution >= 4 is 15.9 Å². The smallest absolute Gasteiger partial charge is 0.291 e. The molecule has 1 amide bonds. The Morgan fingerprint density at radius 2 is 1.96 bits per heavy atom. The number of hydrogen-bond acceptors (Lipinski definition) is 5. The number of amides is 1. The molecule has 0 bridgehead atoms. The van der Waals surface area contributed by atoms with E-state index in [1.54, 1.807) is 0 Å². The summed E-state index contributed by atoms with van der Waals surface area (Å²) in [5.41, 5.74) is 3.31. The first-order valence-electron chi connectivity index (χ1n) is 7.80. The molecule has 2 aromatic rings. The van der Waals surface area contributed by atoms with Crippen LogP contribution in [0, 0.1) is 0 Å². The number of aromatic nitrogens is 1. The number of sulfonamides is 1. The Hall–Kier alpha value is -2.20. The minimum absolute atomic E-state index is 0.0441. The summed E-state index contributed by atoms with van der Waals surface area (Å²) in [6.45, 7) is 1.55. The molecular formula is C16H19N3O5S. The number of hydrogen-bond donors (Lipinski definition) is 2. The molecule has 9 heteroatoms. The van der Waals surface area contributed by atoms with Crippen LogP contribution in [0.1, 0.15) is 16.1 Å². The number of aromatic amines is 1. The van der Waals surface area contributed by atoms with Crippen molar-refractivity contribution in [3.8, 4) is 0 Å². The molecule has 1 fully saturated rings. The average molecular weight is 365 g/mol. The van der Waals surface area contributed by atoms with Gasteiger partial charge in [0.05, 0.1) is 19.8 Å². The van der Waals surface area contributed by atoms with Gasteiger partial charge in [-0.25, -0.2) is 13.9 Å². The van der Waals surface area contributed by atoms with Gasteiger partial charge in [0, 0.05) is 19.3 Å². The number of carbonyl (C=O) groups excluding carboxylic acids is 1. The molecule has 2 heterocycles. The van der Waals surface area contributed by atoms with Crippen molar-refractivity contribution in [2.75, 3.05) is 26.3 Å². The van der Waals surface area contributed by atoms with E-state index in [9.17, 15) is 13.2 Å². The highest BCUT2D eigenvalue weighted by Crippen LogP contribution is 2.18. The van der Waals surface area contributed by atoms with Crippen LogP contribution in [-0.2, 0) is 26.2 Å². The van der Waals surface area contributed by atoms with Gasteiger partial charge in [-0.2, -0.15) is 4.31 Å². The highest BCUT2D eigenvalue weighted by atomic mass is 32.2. The summed E-state index contributed by atoms with van der Waals surface area (Å²) >= 11 is 0. The third-order valence-corrected chi connectivity index (χ3v) is 5.63. The lowest BCUT2D eigenvalue weighted by Crippen LogP contribution is -2.40. The summed E-state index contributed by atoms with van der Waals surface area (Å²) in [5.74, 6) is -0.542. The van der Waals surface area contributed by atoms with Gasteiger partial charge in [-0.1, -0.05) is 30.3 Å². The number of nitrogens with one attached hydrogen (secondary N) is 2. The predicted molar refractivity (Wildman–Crippen MR) is 89.1 cm³/mol. The summed E-state index contributed by atoms with van der Waals surface area (Å²) in [6.07, 6.45) is 1.30. The van der Waals surface area contributed by atoms with Gasteiger partial charge in [0.25, 0.3) is 5.91 Å². The molecule has 134 valence electrons. The quantitative estimate of drug-likeness (QED) is 0.741. The van der Waals surface area contributed by atoms with Crippen molar-refractivity contribution in [2.24, 2.45) is 0 Å². The van der Waals surface area contributed by atoms with E-state index in [0.717, 1.165) is 5.56 Å². The van der Waals surface area contributed by atoms with E-state index in [2.05, 4.69) is 10.5 Å². The molecule has 3 rings (SSSR count). The maximum absolute atomic E-state index is 12.5. The monoisotopic (exact) mass is 365 g/mol. The van der Waals surface area contributed by atoms with Crippen LogP contribution in [0.15, 0.2) is 47.5 Å². The Kier molecular flexibility index (Phi) is 5.49. The van der Waals surface area contributed by atoms with E-state index in [1.165, 1.54) is 16.6 Å². The van der Waals surface area contributed by atoms with Crippen LogP contribution in [0.4, 0.5) is 0 Å². The van der Waals surface area contributed by atoms with Crippen molar-refractivity contribution in [3.63, 3.8) is 0 Å². The van der Waals surface area contributed by atoms with E-state index in [-0.39, 0.29) is 17.2 Å². The van der Waals surface area contributed by atoms with E-state index in [0.29, 0.717) is 26.3 Å². The Labute approximate surface area is 145 Å². The zero-order chi connectivity index (χ0) is 17.7. The summed E-state index contributed by atoms with van der Waals surface area (Å²) in [7, 11) is -3.64. The number of H-pyrrole nitrogens is 1. The van der Waals surface area contributed by atoms with Crippen LogP contribution in [0.5, 0.6) is 0 Å². The number of rotatable bonds is 6. The summed E-state index contributed by atoms with van der Waals surface area (Å²) < 4.78 is 31.5. The Morgan fingerprint density at radius 3 is 2.68 bits per heavy atom. The fraction of sp³-hybridized carbons (Fsp3) is 0.312. The van der Waals surface area contributed by atoms with Gasteiger partial charge in [-0.3, -0.25) is 9.63 Å². The molecule has 8 nitrogen and oxygen atoms in total. The largest absolute Gasteiger partial charge is 0.379 e. The van der Waals surface area contributed by atoms with Gasteiger partial charge in [0.1, 0.15) is 10.6 Å². The van der Waals surface area contributed by atoms with Gasteiger partial charge in [-0.15, -0.1) is 0 Å². The van der Waals surface area contributed by atoms with E-state index < -0.39 is 15.9 Å². The SMILES string of the molecule is O=C(NOCc1ccccc1)c1cc(S(=O)(=O)N2CCOCC2)c[nH]1. The lowest BCUT2D eigenvalue weighted by molar-refractivity contribution is 0.0230. The van der Waals surface area contributed by atoms with E-state index in [4.69, 9.17) is 9.57 Å². The van der Waals surface area contributed by atoms with Gasteiger partial charge >= 0.3 is 0 Å². The van der Waals surface area contributed by atoms with Crippen LogP contribution < -0.4 is 5.48 Å². The van der Waals surface area contributed by atoms with Crippen LogP contribution in [-0.4, -0.2) is 49.9 Å². The normalized spacial score (nSPS) is 15.8. The van der Waals surface area contributed by atoms with Crippen LogP contribution in [0.25, 0.3) is 0 Å². The van der Waals surface area contributed by atoms with Gasteiger partial charge in [0.2, 0.25) is 10.0 Å². The first-order valence-corrected chi connectivity index (χ1v) is 9.24. The predicted octanol–water partition coefficient (Wildman–Crippen LogP) is 0.897. The molecule has 0 unspecified atom stereocenters. The molecule has 2 N–H and O–H groups in total. The second-order valence-electron chi connectivity index (χ2n) is 5.47. The first-order chi connectivity index (χ1) is 12.1. The number of carbonyl (C=O) groups is 1. The van der Waals surface area contributed by atoms with Crippen molar-refractivity contribution in [3.05, 3.63) is 53.9 Å². The second kappa shape index (κ2) is 7.79. The van der Waals surface area contributed by atoms with E-state index in [1.807, 2.05) is 30.3 Å². The summed E-state index contributed by atoms with van der Waals surface area (Å²) in [6, 6.07) is 10.7. The van der Waals surface area contributed by atoms with Crippen molar-refractivity contribution in [1.29, 1.82) is 0 Å². The second-order valence-corrected chi connectivity index (χ2v) is 7.41. The van der Waals surface area contributed by atoms with Crippen molar-refractivity contribution in [1.82, 2.24) is 14.8 Å². The molecule has 0 spiro atoms. The molecule has 0 radical (unpaired) electrons. The number of ether oxygens (including phenoxy) is 1. The Balaban J connectivity index is 1.59. The van der Waals surface area contributed by atoms with Gasteiger partial charge in [0.15, 0.2) is 0 Å². The molecule has 1 aromatic carbocycles. The highest BCUT2D eigenvalue weighted by molar-refractivity contribution is 7.89. The Bertz CT molecular complexity index is 813. The van der Waals surface area contributed by atoms with Crippen LogP contribution in [0.2, 0.25) is 0 Å². The average Bonchev–Trinajstić information content (AvgIpc) is 3.14. The number of nitrogens with zero attached hydrogens (tertiary/aromatic N) is 1.